The normalized spacial score (nSPS) is 19.2. The molecule has 2 aromatic rings. The molecular weight excluding hydrogens is 385 g/mol. The van der Waals surface area contributed by atoms with E-state index >= 15 is 0 Å². The van der Waals surface area contributed by atoms with Crippen molar-refractivity contribution >= 4 is 22.8 Å². The molecule has 1 aliphatic rings. The van der Waals surface area contributed by atoms with E-state index in [9.17, 15) is 14.4 Å². The Hall–Kier alpha value is -1.64. The molecule has 1 saturated heterocycles. The number of nitrogens with zero attached hydrogens (tertiary/aromatic N) is 2. The molecule has 6 nitrogen and oxygen atoms in total. The first-order valence-corrected chi connectivity index (χ1v) is 9.81. The van der Waals surface area contributed by atoms with Crippen molar-refractivity contribution in [1.29, 1.82) is 0 Å². The molecule has 1 N–H and O–H groups in total. The fourth-order valence-corrected chi connectivity index (χ4v) is 4.49. The van der Waals surface area contributed by atoms with Crippen LogP contribution < -0.4 is 32.2 Å². The fourth-order valence-electron chi connectivity index (χ4n) is 2.77. The fraction of sp³-hybridized carbons (Fsp3) is 0.357. The number of hydrogen-bond donors (Lipinski definition) is 1. The average Bonchev–Trinajstić information content (AvgIpc) is 2.72. The van der Waals surface area contributed by atoms with Crippen molar-refractivity contribution in [2.75, 3.05) is 4.93 Å². The van der Waals surface area contributed by atoms with E-state index in [1.54, 1.807) is 11.6 Å². The number of fused-ring (bicyclic) bond motifs is 1. The molecular formula is C14H15IN3O3-. The molecule has 2 heterocycles. The van der Waals surface area contributed by atoms with Crippen LogP contribution in [0.25, 0.3) is 11.0 Å². The summed E-state index contributed by atoms with van der Waals surface area (Å²) in [5.41, 5.74) is 1.47. The number of benzene rings is 1. The number of hydrogen-bond acceptors (Lipinski definition) is 3. The minimum absolute atomic E-state index is 0.174. The summed E-state index contributed by atoms with van der Waals surface area (Å²) < 4.78 is 4.31. The first-order valence-electron chi connectivity index (χ1n) is 6.57. The summed E-state index contributed by atoms with van der Waals surface area (Å²) in [7, 11) is 1.73. The zero-order valence-electron chi connectivity index (χ0n) is 11.7. The Morgan fingerprint density at radius 2 is 2.05 bits per heavy atom. The van der Waals surface area contributed by atoms with Gasteiger partial charge in [0.25, 0.3) is 0 Å². The second-order valence-corrected chi connectivity index (χ2v) is 7.22. The van der Waals surface area contributed by atoms with Gasteiger partial charge in [0.2, 0.25) is 0 Å². The summed E-state index contributed by atoms with van der Waals surface area (Å²) in [5.74, 6) is -0.665. The van der Waals surface area contributed by atoms with Crippen molar-refractivity contribution in [2.45, 2.75) is 18.9 Å². The number of aromatic nitrogens is 2. The van der Waals surface area contributed by atoms with Crippen LogP contribution in [0.4, 0.5) is 0 Å². The van der Waals surface area contributed by atoms with Gasteiger partial charge in [-0.25, -0.2) is 0 Å². The van der Waals surface area contributed by atoms with Gasteiger partial charge in [0.15, 0.2) is 0 Å². The number of aryl methyl sites for hydroxylation is 1. The molecule has 2 amide bonds. The van der Waals surface area contributed by atoms with E-state index in [1.165, 1.54) is 8.14 Å². The van der Waals surface area contributed by atoms with Gasteiger partial charge in [-0.3, -0.25) is 0 Å². The number of imidazole rings is 1. The molecule has 0 aliphatic carbocycles. The number of piperidine rings is 1. The average molecular weight is 400 g/mol. The van der Waals surface area contributed by atoms with E-state index in [1.807, 2.05) is 18.2 Å². The number of carbonyl (C=O) groups is 2. The molecule has 21 heavy (non-hydrogen) atoms. The summed E-state index contributed by atoms with van der Waals surface area (Å²) in [4.78, 5) is 38.1. The van der Waals surface area contributed by atoms with E-state index < -0.39 is 11.9 Å². The van der Waals surface area contributed by atoms with Gasteiger partial charge in [0, 0.05) is 0 Å². The van der Waals surface area contributed by atoms with Crippen LogP contribution in [0, 0.1) is 3.57 Å². The third kappa shape index (κ3) is 2.19. The van der Waals surface area contributed by atoms with Gasteiger partial charge in [0.05, 0.1) is 0 Å². The third-order valence-electron chi connectivity index (χ3n) is 3.78. The standard InChI is InChI=1S/C14H15IN3O3/c1-15-8-4-3-5-9-12(8)17(2)14(21)18(9)10-6-7-11(19)16-13(10)20/h3-5,10H,6-7H2,1-2H3,(H,16,19,20)/q-1. The Morgan fingerprint density at radius 1 is 1.29 bits per heavy atom. The number of imide groups is 1. The zero-order valence-corrected chi connectivity index (χ0v) is 13.9. The van der Waals surface area contributed by atoms with Gasteiger partial charge >= 0.3 is 131 Å². The molecule has 1 aromatic heterocycles. The molecule has 0 radical (unpaired) electrons. The first-order chi connectivity index (χ1) is 10.0. The summed E-state index contributed by atoms with van der Waals surface area (Å²) in [6.45, 7) is 0. The van der Waals surface area contributed by atoms with Crippen LogP contribution >= 0.6 is 0 Å². The number of carbonyl (C=O) groups excluding carboxylic acids is 2. The number of alkyl halides is 1. The van der Waals surface area contributed by atoms with E-state index in [2.05, 4.69) is 10.2 Å². The predicted octanol–water partition coefficient (Wildman–Crippen LogP) is -2.79. The van der Waals surface area contributed by atoms with Crippen molar-refractivity contribution < 1.29 is 30.8 Å². The molecule has 1 aliphatic heterocycles. The topological polar surface area (TPSA) is 73.1 Å². The summed E-state index contributed by atoms with van der Waals surface area (Å²) in [5, 5.41) is 2.32. The molecule has 1 unspecified atom stereocenters. The first kappa shape index (κ1) is 14.3. The summed E-state index contributed by atoms with van der Waals surface area (Å²) in [6, 6.07) is 5.21. The molecule has 0 bridgehead atoms. The maximum absolute atomic E-state index is 12.6. The van der Waals surface area contributed by atoms with Crippen LogP contribution in [-0.4, -0.2) is 25.9 Å². The van der Waals surface area contributed by atoms with Gasteiger partial charge in [-0.15, -0.1) is 0 Å². The molecule has 0 saturated carbocycles. The maximum atomic E-state index is 12.6. The van der Waals surface area contributed by atoms with Crippen LogP contribution in [0.3, 0.4) is 0 Å². The number of amides is 2. The zero-order chi connectivity index (χ0) is 15.1. The molecule has 3 rings (SSSR count). The summed E-state index contributed by atoms with van der Waals surface area (Å²) in [6.07, 6.45) is 0.634. The van der Waals surface area contributed by atoms with E-state index in [4.69, 9.17) is 0 Å². The number of rotatable bonds is 2. The molecule has 1 atom stereocenters. The van der Waals surface area contributed by atoms with Crippen molar-refractivity contribution in [1.82, 2.24) is 14.5 Å². The minimum atomic E-state index is -0.607. The van der Waals surface area contributed by atoms with Crippen LogP contribution in [0.15, 0.2) is 23.0 Å². The second-order valence-electron chi connectivity index (χ2n) is 4.98. The van der Waals surface area contributed by atoms with Crippen molar-refractivity contribution in [3.8, 4) is 0 Å². The van der Waals surface area contributed by atoms with Crippen LogP contribution in [-0.2, 0) is 16.6 Å². The van der Waals surface area contributed by atoms with Gasteiger partial charge in [0.1, 0.15) is 0 Å². The van der Waals surface area contributed by atoms with E-state index in [-0.39, 0.29) is 39.2 Å². The molecule has 7 heteroatoms. The van der Waals surface area contributed by atoms with Crippen molar-refractivity contribution in [3.63, 3.8) is 0 Å². The van der Waals surface area contributed by atoms with Crippen LogP contribution in [0.2, 0.25) is 0 Å². The Morgan fingerprint density at radius 3 is 2.71 bits per heavy atom. The Labute approximate surface area is 131 Å². The van der Waals surface area contributed by atoms with E-state index in [0.717, 1.165) is 11.0 Å². The monoisotopic (exact) mass is 400 g/mol. The Kier molecular flexibility index (Phi) is 3.60. The van der Waals surface area contributed by atoms with Crippen molar-refractivity contribution in [3.05, 3.63) is 32.3 Å². The Balaban J connectivity index is 2.24. The quantitative estimate of drug-likeness (QED) is 0.337. The van der Waals surface area contributed by atoms with E-state index in [0.29, 0.717) is 6.42 Å². The molecule has 1 aromatic carbocycles. The number of nitrogens with one attached hydrogen (secondary N) is 1. The molecule has 0 spiro atoms. The van der Waals surface area contributed by atoms with Crippen LogP contribution in [0.5, 0.6) is 0 Å². The number of para-hydroxylation sites is 1. The molecule has 1 fully saturated rings. The molecule has 112 valence electrons. The summed E-state index contributed by atoms with van der Waals surface area (Å²) >= 11 is -0.174. The second kappa shape index (κ2) is 5.28. The van der Waals surface area contributed by atoms with Gasteiger partial charge < -0.3 is 0 Å². The Bertz CT molecular complexity index is 806. The third-order valence-corrected chi connectivity index (χ3v) is 5.81. The predicted molar refractivity (Wildman–Crippen MR) is 73.2 cm³/mol. The SMILES string of the molecule is C[I-]c1cccc2c1n(C)c(=O)n2C1CCC(=O)NC1=O. The van der Waals surface area contributed by atoms with Crippen molar-refractivity contribution in [2.24, 2.45) is 7.05 Å². The van der Waals surface area contributed by atoms with Gasteiger partial charge in [-0.2, -0.15) is 0 Å². The van der Waals surface area contributed by atoms with Crippen LogP contribution in [0.1, 0.15) is 18.9 Å². The van der Waals surface area contributed by atoms with Gasteiger partial charge in [-0.1, -0.05) is 0 Å². The number of halogens is 1. The van der Waals surface area contributed by atoms with Gasteiger partial charge in [-0.05, 0) is 0 Å².